The zero-order valence-electron chi connectivity index (χ0n) is 12.1. The molecule has 0 spiro atoms. The van der Waals surface area contributed by atoms with Crippen LogP contribution in [-0.4, -0.2) is 16.5 Å². The lowest BCUT2D eigenvalue weighted by Gasteiger charge is -2.03. The first kappa shape index (κ1) is 19.1. The highest BCUT2D eigenvalue weighted by molar-refractivity contribution is 8.93. The monoisotopic (exact) mass is 421 g/mol. The Balaban J connectivity index is 0.00000242. The number of Topliss-reactive ketones (excluding diaryl/α,β-unsaturated/α-hetero) is 1. The molecule has 0 unspecified atom stereocenters. The van der Waals surface area contributed by atoms with Crippen LogP contribution in [0.2, 0.25) is 10.0 Å². The molecule has 8 heteroatoms. The Morgan fingerprint density at radius 1 is 1.27 bits per heavy atom. The van der Waals surface area contributed by atoms with Crippen LogP contribution < -0.4 is 5.43 Å². The average molecular weight is 423 g/mol. The standard InChI is InChI=1S/C14H13Cl2N3OS.BrH/c1-7(10-4-5-11(15)12(16)6-10)18-19-14-17-8(2)13(21-14)9(3)20;/h4-6H,1-3H3,(H,17,19);1H. The van der Waals surface area contributed by atoms with Gasteiger partial charge in [-0.3, -0.25) is 10.2 Å². The fourth-order valence-electron chi connectivity index (χ4n) is 1.69. The number of nitrogens with zero attached hydrogens (tertiary/aromatic N) is 2. The minimum absolute atomic E-state index is 0. The predicted octanol–water partition coefficient (Wildman–Crippen LogP) is 5.37. The SMILES string of the molecule is Br.CC(=O)c1sc(NN=C(C)c2ccc(Cl)c(Cl)c2)nc1C. The number of hydrogen-bond donors (Lipinski definition) is 1. The highest BCUT2D eigenvalue weighted by atomic mass is 79.9. The third-order valence-electron chi connectivity index (χ3n) is 2.77. The van der Waals surface area contributed by atoms with E-state index in [-0.39, 0.29) is 22.8 Å². The molecule has 2 aromatic rings. The van der Waals surface area contributed by atoms with Gasteiger partial charge in [0.1, 0.15) is 0 Å². The molecule has 1 heterocycles. The van der Waals surface area contributed by atoms with Crippen LogP contribution in [0.1, 0.15) is 34.8 Å². The molecule has 0 aliphatic carbocycles. The van der Waals surface area contributed by atoms with Gasteiger partial charge in [0.15, 0.2) is 5.78 Å². The maximum atomic E-state index is 11.4. The fourth-order valence-corrected chi connectivity index (χ4v) is 2.79. The van der Waals surface area contributed by atoms with Crippen molar-refractivity contribution in [3.05, 3.63) is 44.4 Å². The van der Waals surface area contributed by atoms with Crippen molar-refractivity contribution >= 4 is 68.1 Å². The summed E-state index contributed by atoms with van der Waals surface area (Å²) in [6, 6.07) is 5.31. The van der Waals surface area contributed by atoms with Crippen molar-refractivity contribution in [1.82, 2.24) is 4.98 Å². The summed E-state index contributed by atoms with van der Waals surface area (Å²) in [5.74, 6) is 0.00299. The summed E-state index contributed by atoms with van der Waals surface area (Å²) in [4.78, 5) is 16.3. The van der Waals surface area contributed by atoms with Crippen LogP contribution in [0.15, 0.2) is 23.3 Å². The van der Waals surface area contributed by atoms with E-state index in [1.165, 1.54) is 18.3 Å². The summed E-state index contributed by atoms with van der Waals surface area (Å²) < 4.78 is 0. The summed E-state index contributed by atoms with van der Waals surface area (Å²) in [7, 11) is 0. The van der Waals surface area contributed by atoms with E-state index in [4.69, 9.17) is 23.2 Å². The number of carbonyl (C=O) groups excluding carboxylic acids is 1. The summed E-state index contributed by atoms with van der Waals surface area (Å²) in [6.45, 7) is 5.17. The fraction of sp³-hybridized carbons (Fsp3) is 0.214. The number of ketones is 1. The first-order valence-electron chi connectivity index (χ1n) is 6.12. The number of carbonyl (C=O) groups is 1. The van der Waals surface area contributed by atoms with E-state index in [1.54, 1.807) is 19.1 Å². The first-order chi connectivity index (χ1) is 9.88. The lowest BCUT2D eigenvalue weighted by Crippen LogP contribution is -1.99. The molecule has 0 bridgehead atoms. The third-order valence-corrected chi connectivity index (χ3v) is 4.67. The molecule has 1 N–H and O–H groups in total. The summed E-state index contributed by atoms with van der Waals surface area (Å²) >= 11 is 13.1. The number of anilines is 1. The number of aromatic nitrogens is 1. The minimum Gasteiger partial charge on any atom is -0.294 e. The van der Waals surface area contributed by atoms with Crippen LogP contribution in [-0.2, 0) is 0 Å². The van der Waals surface area contributed by atoms with Crippen LogP contribution in [0.3, 0.4) is 0 Å². The second-order valence-electron chi connectivity index (χ2n) is 4.43. The number of aryl methyl sites for hydroxylation is 1. The molecule has 22 heavy (non-hydrogen) atoms. The molecule has 1 aromatic heterocycles. The Labute approximate surface area is 153 Å². The van der Waals surface area contributed by atoms with Crippen LogP contribution in [0, 0.1) is 6.92 Å². The Morgan fingerprint density at radius 2 is 1.95 bits per heavy atom. The number of nitrogens with one attached hydrogen (secondary N) is 1. The lowest BCUT2D eigenvalue weighted by molar-refractivity contribution is 0.102. The van der Waals surface area contributed by atoms with E-state index in [2.05, 4.69) is 15.5 Å². The van der Waals surface area contributed by atoms with Gasteiger partial charge in [-0.2, -0.15) is 5.10 Å². The molecular weight excluding hydrogens is 409 g/mol. The van der Waals surface area contributed by atoms with E-state index in [1.807, 2.05) is 13.0 Å². The molecule has 1 aromatic carbocycles. The van der Waals surface area contributed by atoms with Gasteiger partial charge in [-0.25, -0.2) is 4.98 Å². The van der Waals surface area contributed by atoms with Crippen LogP contribution >= 0.6 is 51.5 Å². The van der Waals surface area contributed by atoms with Gasteiger partial charge in [0.25, 0.3) is 0 Å². The first-order valence-corrected chi connectivity index (χ1v) is 7.70. The molecular formula is C14H14BrCl2N3OS. The van der Waals surface area contributed by atoms with Gasteiger partial charge in [0.2, 0.25) is 5.13 Å². The molecule has 2 rings (SSSR count). The normalized spacial score (nSPS) is 11.0. The number of hydrazone groups is 1. The topological polar surface area (TPSA) is 54.4 Å². The van der Waals surface area contributed by atoms with E-state index in [0.717, 1.165) is 11.3 Å². The highest BCUT2D eigenvalue weighted by Gasteiger charge is 2.11. The third kappa shape index (κ3) is 4.52. The molecule has 0 saturated carbocycles. The van der Waals surface area contributed by atoms with E-state index >= 15 is 0 Å². The number of thiazole rings is 1. The second kappa shape index (κ2) is 8.06. The van der Waals surface area contributed by atoms with Crippen LogP contribution in [0.5, 0.6) is 0 Å². The molecule has 0 aliphatic rings. The average Bonchev–Trinajstić information content (AvgIpc) is 2.80. The quantitative estimate of drug-likeness (QED) is 0.409. The number of benzene rings is 1. The Kier molecular flexibility index (Phi) is 6.99. The van der Waals surface area contributed by atoms with Gasteiger partial charge >= 0.3 is 0 Å². The smallest absolute Gasteiger partial charge is 0.204 e. The van der Waals surface area contributed by atoms with E-state index in [0.29, 0.717) is 25.7 Å². The number of halogens is 3. The predicted molar refractivity (Wildman–Crippen MR) is 99.5 cm³/mol. The molecule has 0 fully saturated rings. The van der Waals surface area contributed by atoms with Gasteiger partial charge < -0.3 is 0 Å². The van der Waals surface area contributed by atoms with Crippen molar-refractivity contribution in [1.29, 1.82) is 0 Å². The van der Waals surface area contributed by atoms with Gasteiger partial charge in [-0.15, -0.1) is 17.0 Å². The second-order valence-corrected chi connectivity index (χ2v) is 6.24. The maximum absolute atomic E-state index is 11.4. The van der Waals surface area contributed by atoms with Crippen molar-refractivity contribution < 1.29 is 4.79 Å². The van der Waals surface area contributed by atoms with Gasteiger partial charge in [-0.1, -0.05) is 40.6 Å². The van der Waals surface area contributed by atoms with Crippen molar-refractivity contribution in [3.8, 4) is 0 Å². The Bertz CT molecular complexity index is 731. The highest BCUT2D eigenvalue weighted by Crippen LogP contribution is 2.24. The maximum Gasteiger partial charge on any atom is 0.204 e. The van der Waals surface area contributed by atoms with E-state index < -0.39 is 0 Å². The molecule has 0 saturated heterocycles. The molecule has 118 valence electrons. The molecule has 0 aliphatic heterocycles. The molecule has 4 nitrogen and oxygen atoms in total. The summed E-state index contributed by atoms with van der Waals surface area (Å²) in [5, 5.41) is 5.81. The summed E-state index contributed by atoms with van der Waals surface area (Å²) in [5.41, 5.74) is 5.17. The van der Waals surface area contributed by atoms with Gasteiger partial charge in [0.05, 0.1) is 26.3 Å². The van der Waals surface area contributed by atoms with Gasteiger partial charge in [0, 0.05) is 6.92 Å². The van der Waals surface area contributed by atoms with Gasteiger partial charge in [-0.05, 0) is 31.5 Å². The molecule has 0 amide bonds. The van der Waals surface area contributed by atoms with Crippen molar-refractivity contribution in [2.24, 2.45) is 5.10 Å². The molecule has 0 atom stereocenters. The largest absolute Gasteiger partial charge is 0.294 e. The van der Waals surface area contributed by atoms with Crippen molar-refractivity contribution in [3.63, 3.8) is 0 Å². The van der Waals surface area contributed by atoms with Crippen LogP contribution in [0.4, 0.5) is 5.13 Å². The van der Waals surface area contributed by atoms with E-state index in [9.17, 15) is 4.79 Å². The number of hydrogen-bond acceptors (Lipinski definition) is 5. The van der Waals surface area contributed by atoms with Crippen molar-refractivity contribution in [2.45, 2.75) is 20.8 Å². The van der Waals surface area contributed by atoms with Crippen molar-refractivity contribution in [2.75, 3.05) is 5.43 Å². The summed E-state index contributed by atoms with van der Waals surface area (Å²) in [6.07, 6.45) is 0. The Morgan fingerprint density at radius 3 is 2.50 bits per heavy atom. The van der Waals surface area contributed by atoms with Crippen LogP contribution in [0.25, 0.3) is 0 Å². The zero-order chi connectivity index (χ0) is 15.6. The minimum atomic E-state index is 0. The zero-order valence-corrected chi connectivity index (χ0v) is 16.1. The Hall–Kier alpha value is -0.950. The lowest BCUT2D eigenvalue weighted by atomic mass is 10.1. The number of rotatable bonds is 4. The molecule has 0 radical (unpaired) electrons.